The fraction of sp³-hybridized carbons (Fsp3) is 0.208. The number of hydrogen-bond acceptors (Lipinski definition) is 4. The quantitative estimate of drug-likeness (QED) is 0.300. The van der Waals surface area contributed by atoms with E-state index in [9.17, 15) is 34.8 Å². The molecule has 4 rings (SSSR count). The molecule has 0 fully saturated rings. The molecule has 0 saturated carbocycles. The summed E-state index contributed by atoms with van der Waals surface area (Å²) in [5.41, 5.74) is 2.94. The molecule has 3 aromatic carbocycles. The third-order valence-corrected chi connectivity index (χ3v) is 6.43. The van der Waals surface area contributed by atoms with Crippen LogP contribution in [0, 0.1) is 0 Å². The SMILES string of the molecule is NS(=O)(=O)c1ccccc1-c1ccc2[nH]c(CCc3ccc(OC(C(F)(F)F)C(F)(F)F)cc3)nc2c1. The molecular formula is C24H19F6N3O3S. The molecule has 1 aromatic heterocycles. The molecular weight excluding hydrogens is 524 g/mol. The number of sulfonamides is 1. The molecule has 0 aliphatic heterocycles. The number of hydrogen-bond donors (Lipinski definition) is 2. The van der Waals surface area contributed by atoms with Crippen molar-refractivity contribution >= 4 is 21.1 Å². The van der Waals surface area contributed by atoms with Crippen molar-refractivity contribution in [3.63, 3.8) is 0 Å². The van der Waals surface area contributed by atoms with Crippen molar-refractivity contribution in [2.24, 2.45) is 5.14 Å². The summed E-state index contributed by atoms with van der Waals surface area (Å²) in [5.74, 6) is 0.0286. The Morgan fingerprint density at radius 1 is 0.892 bits per heavy atom. The summed E-state index contributed by atoms with van der Waals surface area (Å²) in [4.78, 5) is 7.62. The van der Waals surface area contributed by atoms with E-state index < -0.39 is 34.2 Å². The van der Waals surface area contributed by atoms with Gasteiger partial charge in [-0.2, -0.15) is 26.3 Å². The van der Waals surface area contributed by atoms with Gasteiger partial charge in [-0.25, -0.2) is 18.5 Å². The number of aromatic nitrogens is 2. The number of alkyl halides is 6. The van der Waals surface area contributed by atoms with Crippen molar-refractivity contribution in [1.29, 1.82) is 0 Å². The first kappa shape index (κ1) is 26.5. The largest absolute Gasteiger partial charge is 0.471 e. The van der Waals surface area contributed by atoms with Gasteiger partial charge in [0.25, 0.3) is 6.10 Å². The first-order valence-electron chi connectivity index (χ1n) is 10.7. The molecule has 3 N–H and O–H groups in total. The summed E-state index contributed by atoms with van der Waals surface area (Å²) in [7, 11) is -3.94. The summed E-state index contributed by atoms with van der Waals surface area (Å²) in [5, 5.41) is 5.32. The van der Waals surface area contributed by atoms with Crippen molar-refractivity contribution in [3.8, 4) is 16.9 Å². The van der Waals surface area contributed by atoms with Crippen LogP contribution in [0.3, 0.4) is 0 Å². The number of primary sulfonamides is 1. The minimum atomic E-state index is -5.60. The zero-order valence-electron chi connectivity index (χ0n) is 18.8. The standard InChI is InChI=1S/C24H19F6N3O3S/c25-23(26,27)22(24(28,29)30)36-16-9-5-14(6-10-16)7-12-21-32-18-11-8-15(13-19(18)33-21)17-3-1-2-4-20(17)37(31,34)35/h1-6,8-11,13,22H,7,12H2,(H,32,33)(H2,31,34,35). The smallest absolute Gasteiger partial charge is 0.434 e. The predicted molar refractivity (Wildman–Crippen MR) is 123 cm³/mol. The zero-order valence-corrected chi connectivity index (χ0v) is 19.6. The van der Waals surface area contributed by atoms with Crippen LogP contribution >= 0.6 is 0 Å². The Morgan fingerprint density at radius 3 is 2.16 bits per heavy atom. The Bertz CT molecular complexity index is 1500. The Morgan fingerprint density at radius 2 is 1.54 bits per heavy atom. The highest BCUT2D eigenvalue weighted by molar-refractivity contribution is 7.89. The van der Waals surface area contributed by atoms with Gasteiger partial charge in [0.2, 0.25) is 10.0 Å². The molecule has 0 spiro atoms. The van der Waals surface area contributed by atoms with Gasteiger partial charge in [0, 0.05) is 12.0 Å². The number of rotatable bonds is 7. The van der Waals surface area contributed by atoms with Crippen LogP contribution in [0.25, 0.3) is 22.2 Å². The first-order valence-corrected chi connectivity index (χ1v) is 12.3. The van der Waals surface area contributed by atoms with E-state index in [1.165, 1.54) is 18.2 Å². The number of aromatic amines is 1. The highest BCUT2D eigenvalue weighted by Crippen LogP contribution is 2.36. The lowest BCUT2D eigenvalue weighted by Crippen LogP contribution is -2.46. The molecule has 0 aliphatic rings. The molecule has 1 heterocycles. The minimum absolute atomic E-state index is 0.0191. The van der Waals surface area contributed by atoms with E-state index in [1.807, 2.05) is 0 Å². The highest BCUT2D eigenvalue weighted by atomic mass is 32.2. The van der Waals surface area contributed by atoms with E-state index in [4.69, 9.17) is 5.14 Å². The number of imidazole rings is 1. The van der Waals surface area contributed by atoms with E-state index in [0.717, 1.165) is 12.1 Å². The van der Waals surface area contributed by atoms with Gasteiger partial charge in [-0.15, -0.1) is 0 Å². The van der Waals surface area contributed by atoms with Gasteiger partial charge >= 0.3 is 12.4 Å². The van der Waals surface area contributed by atoms with E-state index in [2.05, 4.69) is 14.7 Å². The lowest BCUT2D eigenvalue weighted by atomic mass is 10.1. The van der Waals surface area contributed by atoms with Crippen LogP contribution in [0.5, 0.6) is 5.75 Å². The lowest BCUT2D eigenvalue weighted by molar-refractivity contribution is -0.299. The summed E-state index contributed by atoms with van der Waals surface area (Å²) in [6.07, 6.45) is -14.3. The number of H-pyrrole nitrogens is 1. The number of fused-ring (bicyclic) bond motifs is 1. The normalized spacial score (nSPS) is 12.9. The van der Waals surface area contributed by atoms with Gasteiger partial charge in [-0.05, 0) is 47.9 Å². The first-order chi connectivity index (χ1) is 17.2. The summed E-state index contributed by atoms with van der Waals surface area (Å²) >= 11 is 0. The second kappa shape index (κ2) is 9.71. The number of ether oxygens (including phenoxy) is 1. The molecule has 13 heteroatoms. The zero-order chi connectivity index (χ0) is 27.0. The Kier molecular flexibility index (Phi) is 6.95. The molecule has 0 saturated heterocycles. The number of benzene rings is 3. The van der Waals surface area contributed by atoms with Crippen LogP contribution in [0.2, 0.25) is 0 Å². The van der Waals surface area contributed by atoms with E-state index in [0.29, 0.717) is 46.4 Å². The van der Waals surface area contributed by atoms with Crippen LogP contribution in [0.15, 0.2) is 71.6 Å². The van der Waals surface area contributed by atoms with Gasteiger partial charge in [0.1, 0.15) is 11.6 Å². The fourth-order valence-corrected chi connectivity index (χ4v) is 4.51. The van der Waals surface area contributed by atoms with Crippen molar-refractivity contribution < 1.29 is 39.5 Å². The summed E-state index contributed by atoms with van der Waals surface area (Å²) in [6, 6.07) is 16.3. The number of halogens is 6. The molecule has 6 nitrogen and oxygen atoms in total. The van der Waals surface area contributed by atoms with Crippen molar-refractivity contribution in [3.05, 3.63) is 78.1 Å². The maximum atomic E-state index is 12.7. The van der Waals surface area contributed by atoms with Gasteiger partial charge in [0.05, 0.1) is 15.9 Å². The van der Waals surface area contributed by atoms with Crippen LogP contribution in [0.1, 0.15) is 11.4 Å². The Balaban J connectivity index is 1.47. The maximum Gasteiger partial charge on any atom is 0.434 e. The monoisotopic (exact) mass is 543 g/mol. The fourth-order valence-electron chi connectivity index (χ4n) is 3.75. The topological polar surface area (TPSA) is 98.1 Å². The highest BCUT2D eigenvalue weighted by Gasteiger charge is 2.59. The van der Waals surface area contributed by atoms with Gasteiger partial charge in [0.15, 0.2) is 0 Å². The average Bonchev–Trinajstić information content (AvgIpc) is 3.22. The average molecular weight is 543 g/mol. The number of nitrogens with two attached hydrogens (primary N) is 1. The second-order valence-corrected chi connectivity index (χ2v) is 9.71. The summed E-state index contributed by atoms with van der Waals surface area (Å²) < 4.78 is 104. The third-order valence-electron chi connectivity index (χ3n) is 5.46. The number of aryl methyl sites for hydroxylation is 2. The van der Waals surface area contributed by atoms with Crippen molar-refractivity contribution in [1.82, 2.24) is 9.97 Å². The number of nitrogens with one attached hydrogen (secondary N) is 1. The Hall–Kier alpha value is -3.58. The van der Waals surface area contributed by atoms with Crippen LogP contribution in [-0.4, -0.2) is 36.8 Å². The molecule has 0 atom stereocenters. The lowest BCUT2D eigenvalue weighted by Gasteiger charge is -2.23. The van der Waals surface area contributed by atoms with Crippen molar-refractivity contribution in [2.45, 2.75) is 36.2 Å². The predicted octanol–water partition coefficient (Wildman–Crippen LogP) is 5.53. The number of nitrogens with zero attached hydrogens (tertiary/aromatic N) is 1. The third kappa shape index (κ3) is 6.23. The van der Waals surface area contributed by atoms with Crippen molar-refractivity contribution in [2.75, 3.05) is 0 Å². The molecule has 196 valence electrons. The summed E-state index contributed by atoms with van der Waals surface area (Å²) in [6.45, 7) is 0. The second-order valence-electron chi connectivity index (χ2n) is 8.18. The molecule has 37 heavy (non-hydrogen) atoms. The maximum absolute atomic E-state index is 12.7. The molecule has 0 amide bonds. The van der Waals surface area contributed by atoms with E-state index >= 15 is 0 Å². The van der Waals surface area contributed by atoms with Gasteiger partial charge in [-0.3, -0.25) is 0 Å². The minimum Gasteiger partial charge on any atom is -0.471 e. The van der Waals surface area contributed by atoms with Gasteiger partial charge < -0.3 is 9.72 Å². The molecule has 4 aromatic rings. The van der Waals surface area contributed by atoms with Crippen LogP contribution < -0.4 is 9.88 Å². The van der Waals surface area contributed by atoms with Crippen LogP contribution in [-0.2, 0) is 22.9 Å². The molecule has 0 bridgehead atoms. The van der Waals surface area contributed by atoms with E-state index in [-0.39, 0.29) is 4.90 Å². The van der Waals surface area contributed by atoms with Gasteiger partial charge in [-0.1, -0.05) is 36.4 Å². The molecule has 0 unspecified atom stereocenters. The van der Waals surface area contributed by atoms with E-state index in [1.54, 1.807) is 36.4 Å². The Labute approximate surface area is 207 Å². The molecule has 0 radical (unpaired) electrons. The molecule has 0 aliphatic carbocycles. The van der Waals surface area contributed by atoms with Crippen LogP contribution in [0.4, 0.5) is 26.3 Å².